The third-order valence-electron chi connectivity index (χ3n) is 2.02. The van der Waals surface area contributed by atoms with Gasteiger partial charge < -0.3 is 4.57 Å². The predicted octanol–water partition coefficient (Wildman–Crippen LogP) is 1.96. The maximum absolute atomic E-state index is 8.90. The zero-order valence-electron chi connectivity index (χ0n) is 7.81. The monoisotopic (exact) mass is 183 g/mol. The minimum absolute atomic E-state index is 0.659. The molecule has 0 atom stereocenters. The molecule has 0 bridgehead atoms. The van der Waals surface area contributed by atoms with Gasteiger partial charge in [0.15, 0.2) is 0 Å². The quantitative estimate of drug-likeness (QED) is 0.678. The summed E-state index contributed by atoms with van der Waals surface area (Å²) >= 11 is 0. The fraction of sp³-hybridized carbons (Fsp3) is 0.0909. The van der Waals surface area contributed by atoms with E-state index in [9.17, 15) is 0 Å². The molecule has 14 heavy (non-hydrogen) atoms. The topological polar surface area (TPSA) is 41.6 Å². The summed E-state index contributed by atoms with van der Waals surface area (Å²) in [6.45, 7) is 0. The van der Waals surface area contributed by atoms with Crippen molar-refractivity contribution in [2.75, 3.05) is 0 Å². The summed E-state index contributed by atoms with van der Waals surface area (Å²) in [6, 6.07) is 7.83. The molecule has 0 aliphatic rings. The maximum Gasteiger partial charge on any atom is 0.101 e. The summed E-state index contributed by atoms with van der Waals surface area (Å²) in [7, 11) is 1.90. The second kappa shape index (κ2) is 3.35. The molecule has 68 valence electrons. The largest absolute Gasteiger partial charge is 0.355 e. The second-order valence-corrected chi connectivity index (χ2v) is 3.08. The van der Waals surface area contributed by atoms with E-state index in [1.807, 2.05) is 36.0 Å². The van der Waals surface area contributed by atoms with Crippen LogP contribution in [0.1, 0.15) is 5.56 Å². The van der Waals surface area contributed by atoms with E-state index in [-0.39, 0.29) is 0 Å². The van der Waals surface area contributed by atoms with Crippen LogP contribution in [0.4, 0.5) is 0 Å². The Balaban J connectivity index is 2.58. The van der Waals surface area contributed by atoms with Crippen LogP contribution in [0.25, 0.3) is 11.3 Å². The van der Waals surface area contributed by atoms with E-state index in [1.165, 1.54) is 0 Å². The molecule has 0 saturated carbocycles. The SMILES string of the molecule is Cn1cc(C#N)c(-c2ccccn2)c1. The van der Waals surface area contributed by atoms with E-state index < -0.39 is 0 Å². The van der Waals surface area contributed by atoms with Gasteiger partial charge in [0, 0.05) is 31.2 Å². The summed E-state index contributed by atoms with van der Waals surface area (Å²) in [5.41, 5.74) is 2.38. The highest BCUT2D eigenvalue weighted by Gasteiger charge is 2.07. The summed E-state index contributed by atoms with van der Waals surface area (Å²) in [5.74, 6) is 0. The lowest BCUT2D eigenvalue weighted by Crippen LogP contribution is -1.81. The highest BCUT2D eigenvalue weighted by atomic mass is 14.9. The third kappa shape index (κ3) is 1.38. The predicted molar refractivity (Wildman–Crippen MR) is 53.4 cm³/mol. The molecule has 2 heterocycles. The summed E-state index contributed by atoms with van der Waals surface area (Å²) < 4.78 is 1.86. The lowest BCUT2D eigenvalue weighted by Gasteiger charge is -1.95. The van der Waals surface area contributed by atoms with Crippen molar-refractivity contribution in [3.63, 3.8) is 0 Å². The maximum atomic E-state index is 8.90. The van der Waals surface area contributed by atoms with Crippen LogP contribution < -0.4 is 0 Å². The normalized spacial score (nSPS) is 9.71. The van der Waals surface area contributed by atoms with Crippen molar-refractivity contribution in [3.8, 4) is 17.3 Å². The van der Waals surface area contributed by atoms with Crippen molar-refractivity contribution in [2.45, 2.75) is 0 Å². The van der Waals surface area contributed by atoms with Crippen LogP contribution >= 0.6 is 0 Å². The number of nitriles is 1. The molecule has 0 unspecified atom stereocenters. The van der Waals surface area contributed by atoms with Gasteiger partial charge in [-0.25, -0.2) is 0 Å². The molecule has 2 aromatic heterocycles. The standard InChI is InChI=1S/C11H9N3/c1-14-7-9(6-12)10(8-14)11-4-2-3-5-13-11/h2-5,7-8H,1H3. The van der Waals surface area contributed by atoms with Gasteiger partial charge in [0.25, 0.3) is 0 Å². The molecule has 0 fully saturated rings. The summed E-state index contributed by atoms with van der Waals surface area (Å²) in [6.07, 6.45) is 5.42. The molecule has 0 amide bonds. The Labute approximate surface area is 82.2 Å². The third-order valence-corrected chi connectivity index (χ3v) is 2.02. The Hall–Kier alpha value is -2.08. The number of rotatable bonds is 1. The number of pyridine rings is 1. The van der Waals surface area contributed by atoms with Gasteiger partial charge in [-0.05, 0) is 12.1 Å². The Morgan fingerprint density at radius 2 is 2.21 bits per heavy atom. The van der Waals surface area contributed by atoms with Crippen molar-refractivity contribution >= 4 is 0 Å². The first-order valence-electron chi connectivity index (χ1n) is 4.29. The zero-order chi connectivity index (χ0) is 9.97. The Morgan fingerprint density at radius 1 is 1.36 bits per heavy atom. The molecule has 0 aliphatic heterocycles. The smallest absolute Gasteiger partial charge is 0.101 e. The van der Waals surface area contributed by atoms with E-state index in [1.54, 1.807) is 12.4 Å². The first-order valence-corrected chi connectivity index (χ1v) is 4.29. The van der Waals surface area contributed by atoms with Crippen LogP contribution in [0.2, 0.25) is 0 Å². The lowest BCUT2D eigenvalue weighted by atomic mass is 10.1. The molecular weight excluding hydrogens is 174 g/mol. The van der Waals surface area contributed by atoms with E-state index in [0.29, 0.717) is 5.56 Å². The Kier molecular flexibility index (Phi) is 2.04. The Bertz CT molecular complexity index is 477. The van der Waals surface area contributed by atoms with Gasteiger partial charge in [0.05, 0.1) is 11.3 Å². The van der Waals surface area contributed by atoms with Gasteiger partial charge in [0.2, 0.25) is 0 Å². The molecule has 3 heteroatoms. The van der Waals surface area contributed by atoms with Crippen molar-refractivity contribution in [2.24, 2.45) is 7.05 Å². The second-order valence-electron chi connectivity index (χ2n) is 3.08. The molecule has 2 aromatic rings. The lowest BCUT2D eigenvalue weighted by molar-refractivity contribution is 0.927. The van der Waals surface area contributed by atoms with Gasteiger partial charge in [-0.1, -0.05) is 6.07 Å². The van der Waals surface area contributed by atoms with Crippen LogP contribution in [-0.4, -0.2) is 9.55 Å². The molecule has 0 spiro atoms. The fourth-order valence-corrected chi connectivity index (χ4v) is 1.40. The first kappa shape index (κ1) is 8.52. The zero-order valence-corrected chi connectivity index (χ0v) is 7.81. The van der Waals surface area contributed by atoms with Crippen LogP contribution in [0.5, 0.6) is 0 Å². The van der Waals surface area contributed by atoms with Gasteiger partial charge in [-0.15, -0.1) is 0 Å². The number of hydrogen-bond acceptors (Lipinski definition) is 2. The van der Waals surface area contributed by atoms with Gasteiger partial charge >= 0.3 is 0 Å². The number of aryl methyl sites for hydroxylation is 1. The first-order chi connectivity index (χ1) is 6.81. The average Bonchev–Trinajstić information content (AvgIpc) is 2.61. The van der Waals surface area contributed by atoms with Crippen molar-refractivity contribution in [3.05, 3.63) is 42.4 Å². The average molecular weight is 183 g/mol. The highest BCUT2D eigenvalue weighted by Crippen LogP contribution is 2.21. The minimum Gasteiger partial charge on any atom is -0.355 e. The van der Waals surface area contributed by atoms with Gasteiger partial charge in [-0.2, -0.15) is 5.26 Å². The van der Waals surface area contributed by atoms with Crippen LogP contribution in [0.3, 0.4) is 0 Å². The number of aromatic nitrogens is 2. The van der Waals surface area contributed by atoms with E-state index >= 15 is 0 Å². The molecule has 0 N–H and O–H groups in total. The minimum atomic E-state index is 0.659. The van der Waals surface area contributed by atoms with Crippen molar-refractivity contribution in [1.82, 2.24) is 9.55 Å². The summed E-state index contributed by atoms with van der Waals surface area (Å²) in [5, 5.41) is 8.90. The van der Waals surface area contributed by atoms with Crippen LogP contribution in [0.15, 0.2) is 36.8 Å². The van der Waals surface area contributed by atoms with Gasteiger partial charge in [0.1, 0.15) is 6.07 Å². The fourth-order valence-electron chi connectivity index (χ4n) is 1.40. The Morgan fingerprint density at radius 3 is 2.86 bits per heavy atom. The molecule has 0 aliphatic carbocycles. The van der Waals surface area contributed by atoms with Crippen molar-refractivity contribution in [1.29, 1.82) is 5.26 Å². The van der Waals surface area contributed by atoms with E-state index in [2.05, 4.69) is 11.1 Å². The highest BCUT2D eigenvalue weighted by molar-refractivity contribution is 5.66. The number of hydrogen-bond donors (Lipinski definition) is 0. The van der Waals surface area contributed by atoms with E-state index in [0.717, 1.165) is 11.3 Å². The van der Waals surface area contributed by atoms with Gasteiger partial charge in [-0.3, -0.25) is 4.98 Å². The van der Waals surface area contributed by atoms with Crippen LogP contribution in [-0.2, 0) is 7.05 Å². The van der Waals surface area contributed by atoms with Crippen molar-refractivity contribution < 1.29 is 0 Å². The molecule has 0 aromatic carbocycles. The van der Waals surface area contributed by atoms with Crippen LogP contribution in [0, 0.1) is 11.3 Å². The molecule has 3 nitrogen and oxygen atoms in total. The van der Waals surface area contributed by atoms with E-state index in [4.69, 9.17) is 5.26 Å². The molecular formula is C11H9N3. The number of nitrogens with zero attached hydrogens (tertiary/aromatic N) is 3. The molecule has 2 rings (SSSR count). The molecule has 0 radical (unpaired) electrons. The summed E-state index contributed by atoms with van der Waals surface area (Å²) in [4.78, 5) is 4.21. The molecule has 0 saturated heterocycles.